The number of hydrogen-bond acceptors (Lipinski definition) is 1. The van der Waals surface area contributed by atoms with Crippen LogP contribution in [-0.2, 0) is 4.79 Å². The van der Waals surface area contributed by atoms with Crippen molar-refractivity contribution in [2.24, 2.45) is 5.41 Å². The van der Waals surface area contributed by atoms with Gasteiger partial charge in [-0.3, -0.25) is 4.79 Å². The van der Waals surface area contributed by atoms with Crippen molar-refractivity contribution in [3.8, 4) is 0 Å². The van der Waals surface area contributed by atoms with Gasteiger partial charge in [0.25, 0.3) is 0 Å². The van der Waals surface area contributed by atoms with E-state index in [4.69, 9.17) is 0 Å². The number of rotatable bonds is 4. The molecule has 0 saturated carbocycles. The topological polar surface area (TPSA) is 29.1 Å². The van der Waals surface area contributed by atoms with E-state index in [0.717, 1.165) is 12.0 Å². The Morgan fingerprint density at radius 1 is 1.55 bits per heavy atom. The summed E-state index contributed by atoms with van der Waals surface area (Å²) in [5.74, 6) is 0. The number of hydrogen-bond donors (Lipinski definition) is 1. The SMILES string of the molecule is C=C(CNC=O)CC(C)(C)C. The molecule has 1 N–H and O–H groups in total. The average molecular weight is 155 g/mol. The summed E-state index contributed by atoms with van der Waals surface area (Å²) in [6, 6.07) is 0. The molecule has 0 fully saturated rings. The second-order valence-electron chi connectivity index (χ2n) is 3.99. The lowest BCUT2D eigenvalue weighted by molar-refractivity contribution is -0.109. The van der Waals surface area contributed by atoms with Gasteiger partial charge >= 0.3 is 0 Å². The zero-order valence-electron chi connectivity index (χ0n) is 7.61. The highest BCUT2D eigenvalue weighted by Gasteiger charge is 2.10. The van der Waals surface area contributed by atoms with E-state index in [1.54, 1.807) is 0 Å². The lowest BCUT2D eigenvalue weighted by atomic mass is 9.88. The maximum Gasteiger partial charge on any atom is 0.207 e. The van der Waals surface area contributed by atoms with Gasteiger partial charge in [0.05, 0.1) is 0 Å². The highest BCUT2D eigenvalue weighted by molar-refractivity contribution is 5.46. The summed E-state index contributed by atoms with van der Waals surface area (Å²) in [6.45, 7) is 10.9. The predicted octanol–water partition coefficient (Wildman–Crippen LogP) is 1.72. The van der Waals surface area contributed by atoms with E-state index in [1.807, 2.05) is 0 Å². The first-order valence-corrected chi connectivity index (χ1v) is 3.79. The molecule has 0 aromatic heterocycles. The van der Waals surface area contributed by atoms with Crippen molar-refractivity contribution in [3.63, 3.8) is 0 Å². The van der Waals surface area contributed by atoms with Crippen molar-refractivity contribution >= 4 is 6.41 Å². The molecule has 0 aromatic carbocycles. The number of carbonyl (C=O) groups excluding carboxylic acids is 1. The van der Waals surface area contributed by atoms with E-state index in [0.29, 0.717) is 13.0 Å². The molecule has 0 aliphatic rings. The fourth-order valence-corrected chi connectivity index (χ4v) is 0.999. The molecule has 2 heteroatoms. The summed E-state index contributed by atoms with van der Waals surface area (Å²) in [5.41, 5.74) is 1.34. The van der Waals surface area contributed by atoms with Gasteiger partial charge in [0, 0.05) is 6.54 Å². The second kappa shape index (κ2) is 4.16. The minimum Gasteiger partial charge on any atom is -0.355 e. The lowest BCUT2D eigenvalue weighted by Crippen LogP contribution is -2.17. The zero-order chi connectivity index (χ0) is 8.91. The molecule has 1 amide bonds. The van der Waals surface area contributed by atoms with Crippen molar-refractivity contribution in [1.82, 2.24) is 5.32 Å². The number of amides is 1. The van der Waals surface area contributed by atoms with Crippen LogP contribution in [-0.4, -0.2) is 13.0 Å². The van der Waals surface area contributed by atoms with Gasteiger partial charge in [-0.25, -0.2) is 0 Å². The van der Waals surface area contributed by atoms with Gasteiger partial charge in [-0.15, -0.1) is 0 Å². The fourth-order valence-electron chi connectivity index (χ4n) is 0.999. The van der Waals surface area contributed by atoms with E-state index >= 15 is 0 Å². The van der Waals surface area contributed by atoms with Crippen LogP contribution in [0.5, 0.6) is 0 Å². The molecule has 0 aliphatic heterocycles. The summed E-state index contributed by atoms with van der Waals surface area (Å²) < 4.78 is 0. The molecule has 0 rings (SSSR count). The van der Waals surface area contributed by atoms with E-state index in [2.05, 4.69) is 32.7 Å². The second-order valence-corrected chi connectivity index (χ2v) is 3.99. The maximum absolute atomic E-state index is 9.92. The van der Waals surface area contributed by atoms with E-state index in [-0.39, 0.29) is 5.41 Å². The molecule has 0 spiro atoms. The van der Waals surface area contributed by atoms with Crippen LogP contribution >= 0.6 is 0 Å². The molecule has 0 atom stereocenters. The van der Waals surface area contributed by atoms with Crippen molar-refractivity contribution < 1.29 is 4.79 Å². The Hall–Kier alpha value is -0.790. The first kappa shape index (κ1) is 10.2. The van der Waals surface area contributed by atoms with Crippen LogP contribution in [0.2, 0.25) is 0 Å². The molecule has 64 valence electrons. The van der Waals surface area contributed by atoms with E-state index in [9.17, 15) is 4.79 Å². The molecule has 0 unspecified atom stereocenters. The Morgan fingerprint density at radius 3 is 2.45 bits per heavy atom. The summed E-state index contributed by atoms with van der Waals surface area (Å²) >= 11 is 0. The summed E-state index contributed by atoms with van der Waals surface area (Å²) in [4.78, 5) is 9.92. The Bertz CT molecular complexity index is 144. The first-order chi connectivity index (χ1) is 4.95. The summed E-state index contributed by atoms with van der Waals surface area (Å²) in [5, 5.41) is 2.59. The molecule has 0 heterocycles. The smallest absolute Gasteiger partial charge is 0.207 e. The monoisotopic (exact) mass is 155 g/mol. The molecule has 11 heavy (non-hydrogen) atoms. The van der Waals surface area contributed by atoms with Gasteiger partial charge in [-0.2, -0.15) is 0 Å². The molecule has 0 aliphatic carbocycles. The number of carbonyl (C=O) groups is 1. The molecular weight excluding hydrogens is 138 g/mol. The van der Waals surface area contributed by atoms with Crippen LogP contribution in [0.1, 0.15) is 27.2 Å². The maximum atomic E-state index is 9.92. The minimum absolute atomic E-state index is 0.266. The Kier molecular flexibility index (Phi) is 3.86. The fraction of sp³-hybridized carbons (Fsp3) is 0.667. The highest BCUT2D eigenvalue weighted by Crippen LogP contribution is 2.22. The van der Waals surface area contributed by atoms with Crippen molar-refractivity contribution in [1.29, 1.82) is 0 Å². The standard InChI is InChI=1S/C9H17NO/c1-8(6-10-7-11)5-9(2,3)4/h7H,1,5-6H2,2-4H3,(H,10,11). The van der Waals surface area contributed by atoms with E-state index < -0.39 is 0 Å². The summed E-state index contributed by atoms with van der Waals surface area (Å²) in [6.07, 6.45) is 1.65. The van der Waals surface area contributed by atoms with Crippen LogP contribution in [0.4, 0.5) is 0 Å². The first-order valence-electron chi connectivity index (χ1n) is 3.79. The third-order valence-corrected chi connectivity index (χ3v) is 1.22. The van der Waals surface area contributed by atoms with Crippen molar-refractivity contribution in [2.45, 2.75) is 27.2 Å². The van der Waals surface area contributed by atoms with Crippen molar-refractivity contribution in [2.75, 3.05) is 6.54 Å². The Balaban J connectivity index is 3.61. The molecule has 0 aromatic rings. The van der Waals surface area contributed by atoms with Crippen LogP contribution in [0.3, 0.4) is 0 Å². The minimum atomic E-state index is 0.266. The Labute approximate surface area is 68.7 Å². The molecule has 0 radical (unpaired) electrons. The van der Waals surface area contributed by atoms with Gasteiger partial charge in [0.15, 0.2) is 0 Å². The van der Waals surface area contributed by atoms with Crippen LogP contribution in [0.25, 0.3) is 0 Å². The largest absolute Gasteiger partial charge is 0.355 e. The van der Waals surface area contributed by atoms with Gasteiger partial charge in [0.1, 0.15) is 0 Å². The summed E-state index contributed by atoms with van der Waals surface area (Å²) in [7, 11) is 0. The third kappa shape index (κ3) is 7.10. The van der Waals surface area contributed by atoms with Gasteiger partial charge in [-0.05, 0) is 11.8 Å². The van der Waals surface area contributed by atoms with Crippen LogP contribution in [0.15, 0.2) is 12.2 Å². The lowest BCUT2D eigenvalue weighted by Gasteiger charge is -2.19. The molecule has 2 nitrogen and oxygen atoms in total. The van der Waals surface area contributed by atoms with Gasteiger partial charge < -0.3 is 5.32 Å². The zero-order valence-corrected chi connectivity index (χ0v) is 7.61. The van der Waals surface area contributed by atoms with Crippen LogP contribution < -0.4 is 5.32 Å². The van der Waals surface area contributed by atoms with E-state index in [1.165, 1.54) is 0 Å². The third-order valence-electron chi connectivity index (χ3n) is 1.22. The van der Waals surface area contributed by atoms with Gasteiger partial charge in [0.2, 0.25) is 6.41 Å². The predicted molar refractivity (Wildman–Crippen MR) is 47.3 cm³/mol. The highest BCUT2D eigenvalue weighted by atomic mass is 16.1. The molecule has 0 bridgehead atoms. The quantitative estimate of drug-likeness (QED) is 0.486. The van der Waals surface area contributed by atoms with Gasteiger partial charge in [-0.1, -0.05) is 32.9 Å². The Morgan fingerprint density at radius 2 is 2.09 bits per heavy atom. The molecule has 0 saturated heterocycles. The van der Waals surface area contributed by atoms with Crippen LogP contribution in [0, 0.1) is 5.41 Å². The molecular formula is C9H17NO. The normalized spacial score (nSPS) is 10.8. The average Bonchev–Trinajstić information content (AvgIpc) is 1.79. The van der Waals surface area contributed by atoms with Crippen molar-refractivity contribution in [3.05, 3.63) is 12.2 Å². The number of nitrogens with one attached hydrogen (secondary N) is 1.